The standard InChI is InChI=1S/C21H27F2N5O3/c1-2-7-25-21(31)28-9-8-27(20(30)13-10-14(22)12-15(23)11-13)19(28)18(29)26-17-5-3-16(24)4-6-17/h2,10-12,16-17,19H,1,3-9,24H2,(H,25,31)(H,26,29). The van der Waals surface area contributed by atoms with E-state index in [2.05, 4.69) is 17.2 Å². The molecule has 168 valence electrons. The second kappa shape index (κ2) is 9.86. The van der Waals surface area contributed by atoms with Crippen molar-refractivity contribution in [1.29, 1.82) is 0 Å². The summed E-state index contributed by atoms with van der Waals surface area (Å²) in [5.41, 5.74) is 5.68. The number of hydrogen-bond donors (Lipinski definition) is 3. The van der Waals surface area contributed by atoms with E-state index in [-0.39, 0.29) is 37.3 Å². The molecule has 1 unspecified atom stereocenters. The van der Waals surface area contributed by atoms with Gasteiger partial charge in [0.05, 0.1) is 0 Å². The predicted octanol–water partition coefficient (Wildman–Crippen LogP) is 1.33. The molecule has 1 aromatic carbocycles. The number of carbonyl (C=O) groups is 3. The van der Waals surface area contributed by atoms with Crippen molar-refractivity contribution in [2.75, 3.05) is 19.6 Å². The highest BCUT2D eigenvalue weighted by atomic mass is 19.1. The molecule has 1 aliphatic heterocycles. The second-order valence-corrected chi connectivity index (χ2v) is 7.82. The molecule has 1 atom stereocenters. The number of nitrogens with one attached hydrogen (secondary N) is 2. The summed E-state index contributed by atoms with van der Waals surface area (Å²) in [7, 11) is 0. The number of amides is 4. The molecule has 1 heterocycles. The van der Waals surface area contributed by atoms with Crippen LogP contribution >= 0.6 is 0 Å². The van der Waals surface area contributed by atoms with E-state index >= 15 is 0 Å². The van der Waals surface area contributed by atoms with Gasteiger partial charge < -0.3 is 21.3 Å². The van der Waals surface area contributed by atoms with Crippen molar-refractivity contribution >= 4 is 17.8 Å². The van der Waals surface area contributed by atoms with Crippen LogP contribution in [0.25, 0.3) is 0 Å². The highest BCUT2D eigenvalue weighted by molar-refractivity contribution is 5.99. The molecule has 4 amide bonds. The summed E-state index contributed by atoms with van der Waals surface area (Å²) in [6.45, 7) is 3.87. The van der Waals surface area contributed by atoms with Crippen LogP contribution in [0.3, 0.4) is 0 Å². The number of rotatable bonds is 5. The van der Waals surface area contributed by atoms with Crippen LogP contribution in [0.1, 0.15) is 36.0 Å². The Kier molecular flexibility index (Phi) is 7.21. The summed E-state index contributed by atoms with van der Waals surface area (Å²) in [5.74, 6) is -3.05. The van der Waals surface area contributed by atoms with Crippen LogP contribution in [0.15, 0.2) is 30.9 Å². The molecule has 1 saturated heterocycles. The Bertz CT molecular complexity index is 837. The Morgan fingerprint density at radius 1 is 1.06 bits per heavy atom. The number of carbonyl (C=O) groups excluding carboxylic acids is 3. The summed E-state index contributed by atoms with van der Waals surface area (Å²) in [6, 6.07) is 1.92. The third kappa shape index (κ3) is 5.38. The number of urea groups is 1. The van der Waals surface area contributed by atoms with Crippen LogP contribution in [-0.4, -0.2) is 65.5 Å². The minimum absolute atomic E-state index is 0.0477. The number of halogens is 2. The van der Waals surface area contributed by atoms with E-state index < -0.39 is 35.6 Å². The summed E-state index contributed by atoms with van der Waals surface area (Å²) >= 11 is 0. The zero-order valence-electron chi connectivity index (χ0n) is 17.2. The van der Waals surface area contributed by atoms with E-state index in [4.69, 9.17) is 5.73 Å². The van der Waals surface area contributed by atoms with Gasteiger partial charge in [-0.2, -0.15) is 0 Å². The first kappa shape index (κ1) is 22.7. The van der Waals surface area contributed by atoms with Crippen LogP contribution in [0, 0.1) is 11.6 Å². The van der Waals surface area contributed by atoms with E-state index in [0.717, 1.165) is 29.9 Å². The lowest BCUT2D eigenvalue weighted by Gasteiger charge is -2.32. The van der Waals surface area contributed by atoms with E-state index in [9.17, 15) is 23.2 Å². The molecule has 0 spiro atoms. The average molecular weight is 435 g/mol. The fourth-order valence-corrected chi connectivity index (χ4v) is 3.98. The maximum absolute atomic E-state index is 13.6. The maximum atomic E-state index is 13.6. The van der Waals surface area contributed by atoms with E-state index in [1.54, 1.807) is 0 Å². The third-order valence-corrected chi connectivity index (χ3v) is 5.55. The van der Waals surface area contributed by atoms with Gasteiger partial charge in [-0.25, -0.2) is 13.6 Å². The topological polar surface area (TPSA) is 108 Å². The van der Waals surface area contributed by atoms with Gasteiger partial charge in [0, 0.05) is 43.3 Å². The minimum Gasteiger partial charge on any atom is -0.350 e. The molecule has 4 N–H and O–H groups in total. The van der Waals surface area contributed by atoms with Gasteiger partial charge in [0.25, 0.3) is 11.8 Å². The van der Waals surface area contributed by atoms with Crippen LogP contribution in [0.5, 0.6) is 0 Å². The number of benzene rings is 1. The molecule has 10 heteroatoms. The van der Waals surface area contributed by atoms with Crippen molar-refractivity contribution in [3.63, 3.8) is 0 Å². The molecular formula is C21H27F2N5O3. The lowest BCUT2D eigenvalue weighted by atomic mass is 9.92. The normalized spacial score (nSPS) is 23.4. The van der Waals surface area contributed by atoms with Crippen LogP contribution in [-0.2, 0) is 4.79 Å². The zero-order chi connectivity index (χ0) is 22.5. The van der Waals surface area contributed by atoms with Crippen molar-refractivity contribution in [1.82, 2.24) is 20.4 Å². The number of hydrogen-bond acceptors (Lipinski definition) is 4. The molecule has 1 aliphatic carbocycles. The Balaban J connectivity index is 1.82. The smallest absolute Gasteiger partial charge is 0.319 e. The molecule has 8 nitrogen and oxygen atoms in total. The number of nitrogens with zero attached hydrogens (tertiary/aromatic N) is 2. The lowest BCUT2D eigenvalue weighted by molar-refractivity contribution is -0.129. The molecule has 2 fully saturated rings. The summed E-state index contributed by atoms with van der Waals surface area (Å²) in [6.07, 6.45) is 3.19. The van der Waals surface area contributed by atoms with Crippen molar-refractivity contribution in [2.24, 2.45) is 5.73 Å². The SMILES string of the molecule is C=CCNC(=O)N1CCN(C(=O)c2cc(F)cc(F)c2)C1C(=O)NC1CCC(N)CC1. The zero-order valence-corrected chi connectivity index (χ0v) is 17.2. The first-order chi connectivity index (χ1) is 14.8. The Morgan fingerprint density at radius 3 is 2.29 bits per heavy atom. The van der Waals surface area contributed by atoms with E-state index in [1.807, 2.05) is 0 Å². The Hall–Kier alpha value is -3.01. The first-order valence-electron chi connectivity index (χ1n) is 10.3. The van der Waals surface area contributed by atoms with E-state index in [1.165, 1.54) is 11.0 Å². The fraction of sp³-hybridized carbons (Fsp3) is 0.476. The molecule has 0 radical (unpaired) electrons. The largest absolute Gasteiger partial charge is 0.350 e. The van der Waals surface area contributed by atoms with Crippen LogP contribution < -0.4 is 16.4 Å². The molecule has 1 aromatic rings. The van der Waals surface area contributed by atoms with Gasteiger partial charge >= 0.3 is 6.03 Å². The molecule has 0 bridgehead atoms. The van der Waals surface area contributed by atoms with Gasteiger partial charge in [0.1, 0.15) is 11.6 Å². The molecule has 1 saturated carbocycles. The summed E-state index contributed by atoms with van der Waals surface area (Å²) in [5, 5.41) is 5.50. The van der Waals surface area contributed by atoms with Gasteiger partial charge in [-0.3, -0.25) is 14.5 Å². The molecule has 2 aliphatic rings. The quantitative estimate of drug-likeness (QED) is 0.607. The second-order valence-electron chi connectivity index (χ2n) is 7.82. The van der Waals surface area contributed by atoms with Crippen molar-refractivity contribution < 1.29 is 23.2 Å². The van der Waals surface area contributed by atoms with Gasteiger partial charge in [0.15, 0.2) is 6.17 Å². The predicted molar refractivity (Wildman–Crippen MR) is 110 cm³/mol. The average Bonchev–Trinajstić information content (AvgIpc) is 3.17. The molecule has 3 rings (SSSR count). The minimum atomic E-state index is -1.24. The Labute approximate surface area is 179 Å². The molecule has 31 heavy (non-hydrogen) atoms. The third-order valence-electron chi connectivity index (χ3n) is 5.55. The first-order valence-corrected chi connectivity index (χ1v) is 10.3. The lowest BCUT2D eigenvalue weighted by Crippen LogP contribution is -2.57. The van der Waals surface area contributed by atoms with Gasteiger partial charge in [-0.15, -0.1) is 6.58 Å². The number of nitrogens with two attached hydrogens (primary N) is 1. The van der Waals surface area contributed by atoms with Gasteiger partial charge in [-0.1, -0.05) is 6.08 Å². The molecule has 0 aromatic heterocycles. The van der Waals surface area contributed by atoms with Gasteiger partial charge in [-0.05, 0) is 37.8 Å². The van der Waals surface area contributed by atoms with Crippen molar-refractivity contribution in [2.45, 2.75) is 43.9 Å². The van der Waals surface area contributed by atoms with Crippen molar-refractivity contribution in [3.05, 3.63) is 48.1 Å². The maximum Gasteiger partial charge on any atom is 0.319 e. The van der Waals surface area contributed by atoms with E-state index in [0.29, 0.717) is 18.9 Å². The Morgan fingerprint density at radius 2 is 1.68 bits per heavy atom. The summed E-state index contributed by atoms with van der Waals surface area (Å²) in [4.78, 5) is 41.1. The fourth-order valence-electron chi connectivity index (χ4n) is 3.98. The molecular weight excluding hydrogens is 408 g/mol. The van der Waals surface area contributed by atoms with Crippen LogP contribution in [0.4, 0.5) is 13.6 Å². The van der Waals surface area contributed by atoms with Crippen LogP contribution in [0.2, 0.25) is 0 Å². The van der Waals surface area contributed by atoms with Crippen molar-refractivity contribution in [3.8, 4) is 0 Å². The van der Waals surface area contributed by atoms with Gasteiger partial charge in [0.2, 0.25) is 0 Å². The highest BCUT2D eigenvalue weighted by Gasteiger charge is 2.43. The summed E-state index contributed by atoms with van der Waals surface area (Å²) < 4.78 is 27.3. The highest BCUT2D eigenvalue weighted by Crippen LogP contribution is 2.22. The monoisotopic (exact) mass is 435 g/mol.